The molecule has 0 aliphatic carbocycles. The average molecular weight is 492 g/mol. The molecule has 2 aromatic rings. The van der Waals surface area contributed by atoms with Crippen molar-refractivity contribution in [3.63, 3.8) is 0 Å². The van der Waals surface area contributed by atoms with Crippen LogP contribution in [0, 0.1) is 0 Å². The molecule has 156 valence electrons. The number of Topliss-reactive ketones (excluding diaryl/α,β-unsaturated/α-hetero) is 1. The molecule has 7 nitrogen and oxygen atoms in total. The van der Waals surface area contributed by atoms with Gasteiger partial charge in [-0.1, -0.05) is 28.1 Å². The number of carbonyl (C=O) groups excluding carboxylic acids is 3. The Hall–Kier alpha value is -2.78. The van der Waals surface area contributed by atoms with Crippen LogP contribution in [0.2, 0.25) is 0 Å². The smallest absolute Gasteiger partial charge is 0.293 e. The molecule has 1 saturated heterocycles. The van der Waals surface area contributed by atoms with Crippen LogP contribution < -0.4 is 14.2 Å². The number of nitrogens with zero attached hydrogens (tertiary/aromatic N) is 1. The van der Waals surface area contributed by atoms with Crippen LogP contribution >= 0.6 is 27.7 Å². The second-order valence-corrected chi connectivity index (χ2v) is 8.07. The van der Waals surface area contributed by atoms with Gasteiger partial charge >= 0.3 is 0 Å². The van der Waals surface area contributed by atoms with Gasteiger partial charge in [-0.05, 0) is 47.7 Å². The van der Waals surface area contributed by atoms with E-state index in [0.29, 0.717) is 28.4 Å². The minimum atomic E-state index is -0.524. The fourth-order valence-corrected chi connectivity index (χ4v) is 3.95. The number of benzene rings is 2. The van der Waals surface area contributed by atoms with E-state index in [-0.39, 0.29) is 17.2 Å². The van der Waals surface area contributed by atoms with Gasteiger partial charge in [0.1, 0.15) is 0 Å². The van der Waals surface area contributed by atoms with Crippen LogP contribution in [0.3, 0.4) is 0 Å². The lowest BCUT2D eigenvalue weighted by molar-refractivity contribution is -0.122. The Morgan fingerprint density at radius 3 is 2.17 bits per heavy atom. The Kier molecular flexibility index (Phi) is 6.84. The maximum atomic E-state index is 12.7. The van der Waals surface area contributed by atoms with Crippen LogP contribution in [0.15, 0.2) is 45.8 Å². The molecule has 30 heavy (non-hydrogen) atoms. The average Bonchev–Trinajstić information content (AvgIpc) is 3.00. The van der Waals surface area contributed by atoms with Crippen molar-refractivity contribution in [2.24, 2.45) is 0 Å². The van der Waals surface area contributed by atoms with Gasteiger partial charge in [0.15, 0.2) is 17.3 Å². The van der Waals surface area contributed by atoms with Gasteiger partial charge in [0.2, 0.25) is 5.75 Å². The van der Waals surface area contributed by atoms with Gasteiger partial charge < -0.3 is 14.2 Å². The molecule has 1 heterocycles. The monoisotopic (exact) mass is 491 g/mol. The predicted octanol–water partition coefficient (Wildman–Crippen LogP) is 4.39. The Balaban J connectivity index is 1.84. The summed E-state index contributed by atoms with van der Waals surface area (Å²) >= 11 is 4.08. The summed E-state index contributed by atoms with van der Waals surface area (Å²) in [6.45, 7) is -0.321. The van der Waals surface area contributed by atoms with E-state index < -0.39 is 11.1 Å². The molecule has 0 aromatic heterocycles. The number of imide groups is 1. The lowest BCUT2D eigenvalue weighted by atomic mass is 10.1. The largest absolute Gasteiger partial charge is 0.493 e. The molecule has 0 bridgehead atoms. The third kappa shape index (κ3) is 4.52. The Morgan fingerprint density at radius 1 is 1.03 bits per heavy atom. The molecule has 1 fully saturated rings. The maximum absolute atomic E-state index is 12.7. The fourth-order valence-electron chi connectivity index (χ4n) is 2.84. The van der Waals surface area contributed by atoms with E-state index in [1.165, 1.54) is 21.3 Å². The number of thioether (sulfide) groups is 1. The van der Waals surface area contributed by atoms with Crippen molar-refractivity contribution in [1.29, 1.82) is 0 Å². The molecule has 0 saturated carbocycles. The van der Waals surface area contributed by atoms with E-state index in [9.17, 15) is 14.4 Å². The normalized spacial score (nSPS) is 14.9. The molecule has 2 amide bonds. The van der Waals surface area contributed by atoms with Crippen LogP contribution in [-0.2, 0) is 4.79 Å². The van der Waals surface area contributed by atoms with E-state index in [1.807, 2.05) is 0 Å². The van der Waals surface area contributed by atoms with Crippen molar-refractivity contribution < 1.29 is 28.6 Å². The highest BCUT2D eigenvalue weighted by Gasteiger charge is 2.36. The van der Waals surface area contributed by atoms with E-state index in [2.05, 4.69) is 15.9 Å². The first-order valence-corrected chi connectivity index (χ1v) is 10.3. The van der Waals surface area contributed by atoms with Gasteiger partial charge in [-0.15, -0.1) is 0 Å². The number of ether oxygens (including phenoxy) is 3. The van der Waals surface area contributed by atoms with Gasteiger partial charge in [0.25, 0.3) is 11.1 Å². The number of ketones is 1. The summed E-state index contributed by atoms with van der Waals surface area (Å²) in [5.74, 6) is 0.425. The van der Waals surface area contributed by atoms with E-state index in [1.54, 1.807) is 42.5 Å². The van der Waals surface area contributed by atoms with Gasteiger partial charge in [-0.3, -0.25) is 19.3 Å². The molecular weight excluding hydrogens is 474 g/mol. The van der Waals surface area contributed by atoms with Crippen molar-refractivity contribution in [2.45, 2.75) is 0 Å². The topological polar surface area (TPSA) is 82.1 Å². The lowest BCUT2D eigenvalue weighted by Crippen LogP contribution is -2.33. The number of methoxy groups -OCH3 is 3. The molecule has 3 rings (SSSR count). The predicted molar refractivity (Wildman–Crippen MR) is 117 cm³/mol. The summed E-state index contributed by atoms with van der Waals surface area (Å²) in [6, 6.07) is 10.1. The first kappa shape index (κ1) is 21.9. The summed E-state index contributed by atoms with van der Waals surface area (Å²) in [5.41, 5.74) is 1.01. The maximum Gasteiger partial charge on any atom is 0.293 e. The quantitative estimate of drug-likeness (QED) is 0.419. The summed E-state index contributed by atoms with van der Waals surface area (Å²) in [5, 5.41) is -0.496. The number of rotatable bonds is 7. The molecule has 1 aliphatic rings. The Labute approximate surface area is 186 Å². The standard InChI is InChI=1S/C21H18BrNO6S/c1-27-16-8-12(9-17(28-2)19(16)29-3)10-18-20(25)23(21(26)30-18)11-15(24)13-4-6-14(22)7-5-13/h4-10H,11H2,1-3H3/b18-10+. The van der Waals surface area contributed by atoms with Crippen molar-refractivity contribution >= 4 is 50.7 Å². The van der Waals surface area contributed by atoms with Gasteiger partial charge in [-0.2, -0.15) is 0 Å². The summed E-state index contributed by atoms with van der Waals surface area (Å²) in [6.07, 6.45) is 1.56. The molecule has 1 aliphatic heterocycles. The van der Waals surface area contributed by atoms with Crippen LogP contribution in [0.4, 0.5) is 4.79 Å². The zero-order chi connectivity index (χ0) is 21.8. The van der Waals surface area contributed by atoms with E-state index in [4.69, 9.17) is 14.2 Å². The second-order valence-electron chi connectivity index (χ2n) is 6.16. The SMILES string of the molecule is COc1cc(/C=C2/SC(=O)N(CC(=O)c3ccc(Br)cc3)C2=O)cc(OC)c1OC. The number of amides is 2. The molecule has 0 unspecified atom stereocenters. The first-order chi connectivity index (χ1) is 14.4. The summed E-state index contributed by atoms with van der Waals surface area (Å²) in [4.78, 5) is 38.7. The van der Waals surface area contributed by atoms with Crippen molar-refractivity contribution in [3.05, 3.63) is 56.9 Å². The van der Waals surface area contributed by atoms with Crippen LogP contribution in [0.1, 0.15) is 15.9 Å². The molecule has 0 spiro atoms. The minimum Gasteiger partial charge on any atom is -0.493 e. The Morgan fingerprint density at radius 2 is 1.63 bits per heavy atom. The van der Waals surface area contributed by atoms with E-state index >= 15 is 0 Å². The third-order valence-electron chi connectivity index (χ3n) is 4.33. The van der Waals surface area contributed by atoms with E-state index in [0.717, 1.165) is 21.1 Å². The van der Waals surface area contributed by atoms with Crippen LogP contribution in [0.25, 0.3) is 6.08 Å². The zero-order valence-corrected chi connectivity index (χ0v) is 18.8. The molecule has 0 atom stereocenters. The van der Waals surface area contributed by atoms with Crippen LogP contribution in [-0.4, -0.2) is 49.7 Å². The lowest BCUT2D eigenvalue weighted by Gasteiger charge is -2.13. The van der Waals surface area contributed by atoms with Gasteiger partial charge in [-0.25, -0.2) is 0 Å². The molecule has 0 radical (unpaired) electrons. The number of halogens is 1. The van der Waals surface area contributed by atoms with Gasteiger partial charge in [0, 0.05) is 10.0 Å². The minimum absolute atomic E-state index is 0.206. The number of carbonyl (C=O) groups is 3. The molecule has 0 N–H and O–H groups in total. The summed E-state index contributed by atoms with van der Waals surface area (Å²) in [7, 11) is 4.47. The first-order valence-electron chi connectivity index (χ1n) is 8.72. The highest BCUT2D eigenvalue weighted by molar-refractivity contribution is 9.10. The number of hydrogen-bond acceptors (Lipinski definition) is 7. The number of hydrogen-bond donors (Lipinski definition) is 0. The second kappa shape index (κ2) is 9.36. The van der Waals surface area contributed by atoms with Gasteiger partial charge in [0.05, 0.1) is 32.8 Å². The van der Waals surface area contributed by atoms with Crippen molar-refractivity contribution in [1.82, 2.24) is 4.90 Å². The highest BCUT2D eigenvalue weighted by Crippen LogP contribution is 2.40. The fraction of sp³-hybridized carbons (Fsp3) is 0.190. The molecule has 2 aromatic carbocycles. The van der Waals surface area contributed by atoms with Crippen molar-refractivity contribution in [2.75, 3.05) is 27.9 Å². The molecule has 9 heteroatoms. The summed E-state index contributed by atoms with van der Waals surface area (Å²) < 4.78 is 16.7. The zero-order valence-electron chi connectivity index (χ0n) is 16.4. The third-order valence-corrected chi connectivity index (χ3v) is 5.76. The van der Waals surface area contributed by atoms with Crippen LogP contribution in [0.5, 0.6) is 17.2 Å². The Bertz CT molecular complexity index is 1010. The van der Waals surface area contributed by atoms with Crippen molar-refractivity contribution in [3.8, 4) is 17.2 Å². The molecular formula is C21H18BrNO6S. The highest BCUT2D eigenvalue weighted by atomic mass is 79.9.